The van der Waals surface area contributed by atoms with Crippen molar-refractivity contribution < 1.29 is 17.9 Å². The molecule has 1 aliphatic rings. The van der Waals surface area contributed by atoms with E-state index in [1.54, 1.807) is 25.1 Å². The van der Waals surface area contributed by atoms with E-state index in [2.05, 4.69) is 12.7 Å². The Hall–Kier alpha value is -2.33. The van der Waals surface area contributed by atoms with E-state index in [4.69, 9.17) is 4.74 Å². The van der Waals surface area contributed by atoms with Crippen LogP contribution in [-0.2, 0) is 17.3 Å². The lowest BCUT2D eigenvalue weighted by Crippen LogP contribution is -2.22. The van der Waals surface area contributed by atoms with Gasteiger partial charge in [-0.3, -0.25) is 0 Å². The van der Waals surface area contributed by atoms with Crippen molar-refractivity contribution in [1.82, 2.24) is 0 Å². The van der Waals surface area contributed by atoms with Gasteiger partial charge in [0.25, 0.3) is 0 Å². The average molecular weight is 471 g/mol. The lowest BCUT2D eigenvalue weighted by Gasteiger charge is -2.29. The van der Waals surface area contributed by atoms with Crippen molar-refractivity contribution in [3.63, 3.8) is 0 Å². The lowest BCUT2D eigenvalue weighted by atomic mass is 9.77. The first-order chi connectivity index (χ1) is 16.3. The average Bonchev–Trinajstić information content (AvgIpc) is 2.83. The fourth-order valence-electron chi connectivity index (χ4n) is 4.88. The van der Waals surface area contributed by atoms with E-state index in [9.17, 15) is 13.2 Å². The van der Waals surface area contributed by atoms with Crippen LogP contribution in [0.25, 0.3) is 0 Å². The molecule has 3 rings (SSSR count). The van der Waals surface area contributed by atoms with Gasteiger partial charge in [0.15, 0.2) is 0 Å². The van der Waals surface area contributed by atoms with E-state index in [0.717, 1.165) is 62.5 Å². The van der Waals surface area contributed by atoms with Gasteiger partial charge in [-0.15, -0.1) is 6.58 Å². The molecule has 0 bridgehead atoms. The summed E-state index contributed by atoms with van der Waals surface area (Å²) < 4.78 is 49.7. The minimum atomic E-state index is -3.71. The summed E-state index contributed by atoms with van der Waals surface area (Å²) in [7, 11) is 0. The lowest BCUT2D eigenvalue weighted by molar-refractivity contribution is -0.273. The molecular weight excluding hydrogens is 433 g/mol. The molecule has 0 N–H and O–H groups in total. The first-order valence-corrected chi connectivity index (χ1v) is 12.5. The molecule has 34 heavy (non-hydrogen) atoms. The fourth-order valence-corrected chi connectivity index (χ4v) is 4.88. The quantitative estimate of drug-likeness (QED) is 0.297. The van der Waals surface area contributed by atoms with Crippen molar-refractivity contribution in [3.05, 3.63) is 95.3 Å². The van der Waals surface area contributed by atoms with Crippen LogP contribution in [0.15, 0.2) is 67.3 Å². The summed E-state index contributed by atoms with van der Waals surface area (Å²) in [6, 6.07) is 11.6. The van der Waals surface area contributed by atoms with Crippen LogP contribution in [-0.4, -0.2) is 0 Å². The van der Waals surface area contributed by atoms with E-state index in [1.165, 1.54) is 12.1 Å². The Bertz CT molecular complexity index is 940. The Morgan fingerprint density at radius 3 is 2.38 bits per heavy atom. The fraction of sp³-hybridized carbons (Fsp3) is 0.467. The van der Waals surface area contributed by atoms with Gasteiger partial charge in [0.05, 0.1) is 11.7 Å². The maximum absolute atomic E-state index is 14.9. The Balaban J connectivity index is 1.61. The molecule has 0 spiro atoms. The van der Waals surface area contributed by atoms with E-state index in [1.807, 2.05) is 31.2 Å². The van der Waals surface area contributed by atoms with Crippen LogP contribution < -0.4 is 0 Å². The summed E-state index contributed by atoms with van der Waals surface area (Å²) in [6.45, 7) is 7.33. The zero-order valence-corrected chi connectivity index (χ0v) is 20.4. The molecular formula is C30H37F3O. The number of halogens is 3. The van der Waals surface area contributed by atoms with Crippen LogP contribution in [0.2, 0.25) is 0 Å². The van der Waals surface area contributed by atoms with Gasteiger partial charge in [0, 0.05) is 0 Å². The van der Waals surface area contributed by atoms with Crippen molar-refractivity contribution in [1.29, 1.82) is 0 Å². The number of hydrogen-bond donors (Lipinski definition) is 0. The highest BCUT2D eigenvalue weighted by atomic mass is 19.3. The van der Waals surface area contributed by atoms with Gasteiger partial charge in [-0.1, -0.05) is 48.6 Å². The van der Waals surface area contributed by atoms with Gasteiger partial charge in [-0.05, 0) is 106 Å². The number of allylic oxidation sites excluding steroid dienone is 3. The molecule has 1 saturated carbocycles. The number of alkyl halides is 2. The van der Waals surface area contributed by atoms with Gasteiger partial charge in [0.2, 0.25) is 0 Å². The van der Waals surface area contributed by atoms with Gasteiger partial charge in [-0.25, -0.2) is 4.39 Å². The third-order valence-electron chi connectivity index (χ3n) is 7.01. The zero-order valence-electron chi connectivity index (χ0n) is 20.4. The molecule has 184 valence electrons. The second kappa shape index (κ2) is 12.4. The predicted octanol–water partition coefficient (Wildman–Crippen LogP) is 9.40. The number of aryl methyl sites for hydroxylation is 1. The molecule has 1 nitrogen and oxygen atoms in total. The standard InChI is InChI=1S/C30H37F3O/c1-4-6-8-10-24-11-15-25(16-12-24)22(3)34-30(32,33)28-20-19-27(21-29(28)31)26-17-13-23(14-18-26)9-7-5-2/h4-6,11-12,15-16,19-23,26H,2,7-10,13-14,17-18H2,1,3H3/b6-4+. The molecule has 0 radical (unpaired) electrons. The topological polar surface area (TPSA) is 9.23 Å². The highest BCUT2D eigenvalue weighted by Gasteiger charge is 2.38. The Kier molecular flexibility index (Phi) is 9.58. The number of benzene rings is 2. The SMILES string of the molecule is C=CCCC1CCC(c2ccc(C(F)(F)OC(C)c3ccc(CC/C=C/C)cc3)c(F)c2)CC1. The normalized spacial score (nSPS) is 19.9. The van der Waals surface area contributed by atoms with Crippen LogP contribution in [0, 0.1) is 11.7 Å². The summed E-state index contributed by atoms with van der Waals surface area (Å²) in [5.74, 6) is 0.00553. The number of ether oxygens (including phenoxy) is 1. The van der Waals surface area contributed by atoms with Gasteiger partial charge in [-0.2, -0.15) is 8.78 Å². The highest BCUT2D eigenvalue weighted by molar-refractivity contribution is 5.30. The van der Waals surface area contributed by atoms with Gasteiger partial charge in [0.1, 0.15) is 5.82 Å². The molecule has 0 heterocycles. The van der Waals surface area contributed by atoms with Crippen LogP contribution in [0.3, 0.4) is 0 Å². The molecule has 0 saturated heterocycles. The van der Waals surface area contributed by atoms with E-state index >= 15 is 0 Å². The monoisotopic (exact) mass is 470 g/mol. The number of hydrogen-bond acceptors (Lipinski definition) is 1. The van der Waals surface area contributed by atoms with Crippen LogP contribution in [0.5, 0.6) is 0 Å². The minimum Gasteiger partial charge on any atom is -0.309 e. The molecule has 0 amide bonds. The molecule has 1 fully saturated rings. The Labute approximate surface area is 202 Å². The molecule has 2 aromatic carbocycles. The molecule has 0 aliphatic heterocycles. The van der Waals surface area contributed by atoms with Gasteiger partial charge >= 0.3 is 6.11 Å². The van der Waals surface area contributed by atoms with E-state index in [0.29, 0.717) is 11.5 Å². The Morgan fingerprint density at radius 1 is 1.06 bits per heavy atom. The highest BCUT2D eigenvalue weighted by Crippen LogP contribution is 2.41. The first kappa shape index (κ1) is 26.3. The largest absolute Gasteiger partial charge is 0.386 e. The van der Waals surface area contributed by atoms with Crippen molar-refractivity contribution in [2.75, 3.05) is 0 Å². The van der Waals surface area contributed by atoms with Crippen LogP contribution >= 0.6 is 0 Å². The maximum atomic E-state index is 14.9. The third-order valence-corrected chi connectivity index (χ3v) is 7.01. The zero-order chi connectivity index (χ0) is 24.6. The molecule has 1 unspecified atom stereocenters. The smallest absolute Gasteiger partial charge is 0.309 e. The maximum Gasteiger partial charge on any atom is 0.386 e. The summed E-state index contributed by atoms with van der Waals surface area (Å²) in [5.41, 5.74) is 1.88. The summed E-state index contributed by atoms with van der Waals surface area (Å²) >= 11 is 0. The van der Waals surface area contributed by atoms with Crippen molar-refractivity contribution in [2.24, 2.45) is 5.92 Å². The minimum absolute atomic E-state index is 0.225. The predicted molar refractivity (Wildman–Crippen MR) is 134 cm³/mol. The summed E-state index contributed by atoms with van der Waals surface area (Å²) in [4.78, 5) is 0. The van der Waals surface area contributed by atoms with Crippen LogP contribution in [0.4, 0.5) is 13.2 Å². The molecule has 0 aromatic heterocycles. The molecule has 4 heteroatoms. The van der Waals surface area contributed by atoms with Crippen LogP contribution in [0.1, 0.15) is 93.1 Å². The molecule has 2 aromatic rings. The first-order valence-electron chi connectivity index (χ1n) is 12.5. The second-order valence-electron chi connectivity index (χ2n) is 9.45. The summed E-state index contributed by atoms with van der Waals surface area (Å²) in [6.07, 6.45) is 9.57. The third kappa shape index (κ3) is 7.09. The summed E-state index contributed by atoms with van der Waals surface area (Å²) in [5, 5.41) is 0. The van der Waals surface area contributed by atoms with E-state index in [-0.39, 0.29) is 5.92 Å². The molecule has 1 atom stereocenters. The van der Waals surface area contributed by atoms with Crippen molar-refractivity contribution in [3.8, 4) is 0 Å². The van der Waals surface area contributed by atoms with E-state index < -0.39 is 23.6 Å². The van der Waals surface area contributed by atoms with Crippen molar-refractivity contribution >= 4 is 0 Å². The van der Waals surface area contributed by atoms with Crippen molar-refractivity contribution in [2.45, 2.75) is 83.3 Å². The van der Waals surface area contributed by atoms with Gasteiger partial charge < -0.3 is 4.74 Å². The number of rotatable bonds is 11. The Morgan fingerprint density at radius 2 is 1.76 bits per heavy atom. The second-order valence-corrected chi connectivity index (χ2v) is 9.45. The molecule has 1 aliphatic carbocycles.